The Morgan fingerprint density at radius 2 is 1.82 bits per heavy atom. The molecule has 0 atom stereocenters. The largest absolute Gasteiger partial charge is 0.493 e. The maximum atomic E-state index is 11.0. The van der Waals surface area contributed by atoms with Crippen molar-refractivity contribution in [1.82, 2.24) is 0 Å². The lowest BCUT2D eigenvalue weighted by Gasteiger charge is -2.13. The van der Waals surface area contributed by atoms with E-state index >= 15 is 0 Å². The van der Waals surface area contributed by atoms with E-state index < -0.39 is 0 Å². The standard InChI is InChI=1S/C11H16N2O4/c1-15-9-4-7(12)8(5-10(9)16-2)13-6-11(14)17-3/h4-5,13H,6,12H2,1-3H3. The summed E-state index contributed by atoms with van der Waals surface area (Å²) in [4.78, 5) is 11.0. The predicted molar refractivity (Wildman–Crippen MR) is 64.5 cm³/mol. The molecule has 0 fully saturated rings. The molecule has 94 valence electrons. The van der Waals surface area contributed by atoms with Crippen molar-refractivity contribution in [3.05, 3.63) is 12.1 Å². The van der Waals surface area contributed by atoms with E-state index in [1.54, 1.807) is 12.1 Å². The van der Waals surface area contributed by atoms with E-state index in [4.69, 9.17) is 15.2 Å². The first-order valence-corrected chi connectivity index (χ1v) is 4.94. The molecule has 0 bridgehead atoms. The zero-order valence-electron chi connectivity index (χ0n) is 10.1. The third kappa shape index (κ3) is 3.17. The molecule has 0 spiro atoms. The molecule has 0 aliphatic carbocycles. The summed E-state index contributed by atoms with van der Waals surface area (Å²) in [5, 5.41) is 2.85. The van der Waals surface area contributed by atoms with Gasteiger partial charge in [-0.1, -0.05) is 0 Å². The molecule has 0 aromatic heterocycles. The van der Waals surface area contributed by atoms with Crippen LogP contribution in [0.1, 0.15) is 0 Å². The van der Waals surface area contributed by atoms with Crippen LogP contribution in [-0.4, -0.2) is 33.8 Å². The molecule has 1 aromatic rings. The van der Waals surface area contributed by atoms with Crippen LogP contribution in [-0.2, 0) is 9.53 Å². The van der Waals surface area contributed by atoms with Gasteiger partial charge in [0.05, 0.1) is 32.7 Å². The summed E-state index contributed by atoms with van der Waals surface area (Å²) in [7, 11) is 4.37. The number of hydrogen-bond acceptors (Lipinski definition) is 6. The highest BCUT2D eigenvalue weighted by Crippen LogP contribution is 2.34. The second-order valence-electron chi connectivity index (χ2n) is 3.22. The van der Waals surface area contributed by atoms with E-state index in [0.717, 1.165) is 0 Å². The van der Waals surface area contributed by atoms with E-state index in [-0.39, 0.29) is 12.5 Å². The highest BCUT2D eigenvalue weighted by atomic mass is 16.5. The Morgan fingerprint density at radius 3 is 2.35 bits per heavy atom. The molecule has 0 heterocycles. The molecule has 6 heteroatoms. The number of carbonyl (C=O) groups excluding carboxylic acids is 1. The molecule has 0 aliphatic heterocycles. The van der Waals surface area contributed by atoms with Gasteiger partial charge in [0.25, 0.3) is 0 Å². The number of benzene rings is 1. The first-order valence-electron chi connectivity index (χ1n) is 4.94. The average Bonchev–Trinajstić information content (AvgIpc) is 2.36. The zero-order chi connectivity index (χ0) is 12.8. The molecule has 0 saturated heterocycles. The van der Waals surface area contributed by atoms with Crippen LogP contribution in [0.3, 0.4) is 0 Å². The lowest BCUT2D eigenvalue weighted by atomic mass is 10.2. The minimum Gasteiger partial charge on any atom is -0.493 e. The summed E-state index contributed by atoms with van der Waals surface area (Å²) in [5.41, 5.74) is 6.85. The van der Waals surface area contributed by atoms with Crippen molar-refractivity contribution in [2.24, 2.45) is 0 Å². The van der Waals surface area contributed by atoms with Gasteiger partial charge in [-0.05, 0) is 0 Å². The number of methoxy groups -OCH3 is 3. The summed E-state index contributed by atoms with van der Waals surface area (Å²) >= 11 is 0. The van der Waals surface area contributed by atoms with Gasteiger partial charge in [0.2, 0.25) is 0 Å². The van der Waals surface area contributed by atoms with Gasteiger partial charge in [-0.3, -0.25) is 4.79 Å². The van der Waals surface area contributed by atoms with Gasteiger partial charge in [-0.2, -0.15) is 0 Å². The Kier molecular flexibility index (Phi) is 4.45. The smallest absolute Gasteiger partial charge is 0.325 e. The topological polar surface area (TPSA) is 82.8 Å². The van der Waals surface area contributed by atoms with Gasteiger partial charge >= 0.3 is 5.97 Å². The maximum Gasteiger partial charge on any atom is 0.325 e. The molecule has 1 rings (SSSR count). The van der Waals surface area contributed by atoms with Crippen molar-refractivity contribution >= 4 is 17.3 Å². The summed E-state index contributed by atoms with van der Waals surface area (Å²) in [5.74, 6) is 0.696. The highest BCUT2D eigenvalue weighted by Gasteiger charge is 2.10. The zero-order valence-corrected chi connectivity index (χ0v) is 10.1. The second kappa shape index (κ2) is 5.83. The molecule has 0 radical (unpaired) electrons. The lowest BCUT2D eigenvalue weighted by molar-refractivity contribution is -0.138. The molecule has 0 saturated carbocycles. The van der Waals surface area contributed by atoms with E-state index in [9.17, 15) is 4.79 Å². The molecule has 0 unspecified atom stereocenters. The normalized spacial score (nSPS) is 9.59. The van der Waals surface area contributed by atoms with Crippen LogP contribution in [0.2, 0.25) is 0 Å². The highest BCUT2D eigenvalue weighted by molar-refractivity contribution is 5.79. The van der Waals surface area contributed by atoms with E-state index in [0.29, 0.717) is 22.9 Å². The molecular formula is C11H16N2O4. The van der Waals surface area contributed by atoms with Crippen LogP contribution >= 0.6 is 0 Å². The van der Waals surface area contributed by atoms with Gasteiger partial charge in [0, 0.05) is 12.1 Å². The first kappa shape index (κ1) is 13.0. The van der Waals surface area contributed by atoms with Crippen molar-refractivity contribution in [3.8, 4) is 11.5 Å². The number of carbonyl (C=O) groups is 1. The third-order valence-corrected chi connectivity index (χ3v) is 2.21. The predicted octanol–water partition coefficient (Wildman–Crippen LogP) is 0.871. The minimum absolute atomic E-state index is 0.0379. The monoisotopic (exact) mass is 240 g/mol. The quantitative estimate of drug-likeness (QED) is 0.587. The average molecular weight is 240 g/mol. The van der Waals surface area contributed by atoms with E-state index in [1.165, 1.54) is 21.3 Å². The van der Waals surface area contributed by atoms with Gasteiger partial charge in [0.1, 0.15) is 6.54 Å². The fourth-order valence-corrected chi connectivity index (χ4v) is 1.29. The van der Waals surface area contributed by atoms with Crippen LogP contribution in [0.5, 0.6) is 11.5 Å². The van der Waals surface area contributed by atoms with Crippen molar-refractivity contribution in [2.45, 2.75) is 0 Å². The molecule has 0 amide bonds. The summed E-state index contributed by atoms with van der Waals surface area (Å²) in [6.07, 6.45) is 0. The number of anilines is 2. The van der Waals surface area contributed by atoms with Crippen LogP contribution in [0.15, 0.2) is 12.1 Å². The molecule has 6 nitrogen and oxygen atoms in total. The number of nitrogen functional groups attached to an aromatic ring is 1. The summed E-state index contributed by atoms with van der Waals surface area (Å²) < 4.78 is 14.7. The number of hydrogen-bond donors (Lipinski definition) is 2. The van der Waals surface area contributed by atoms with Crippen LogP contribution < -0.4 is 20.5 Å². The van der Waals surface area contributed by atoms with Crippen LogP contribution in [0.25, 0.3) is 0 Å². The Balaban J connectivity index is 2.89. The molecule has 0 aliphatic rings. The number of ether oxygens (including phenoxy) is 3. The van der Waals surface area contributed by atoms with Gasteiger partial charge in [-0.25, -0.2) is 0 Å². The number of nitrogens with two attached hydrogens (primary N) is 1. The van der Waals surface area contributed by atoms with Gasteiger partial charge in [0.15, 0.2) is 11.5 Å². The Morgan fingerprint density at radius 1 is 1.24 bits per heavy atom. The first-order chi connectivity index (χ1) is 8.12. The van der Waals surface area contributed by atoms with Gasteiger partial charge in [-0.15, -0.1) is 0 Å². The van der Waals surface area contributed by atoms with Crippen molar-refractivity contribution in [1.29, 1.82) is 0 Å². The Hall–Kier alpha value is -2.11. The molecule has 1 aromatic carbocycles. The van der Waals surface area contributed by atoms with Crippen molar-refractivity contribution < 1.29 is 19.0 Å². The molecule has 3 N–H and O–H groups in total. The Bertz CT molecular complexity index is 407. The number of nitrogens with one attached hydrogen (secondary N) is 1. The maximum absolute atomic E-state index is 11.0. The second-order valence-corrected chi connectivity index (χ2v) is 3.22. The minimum atomic E-state index is -0.376. The molecular weight excluding hydrogens is 224 g/mol. The summed E-state index contributed by atoms with van der Waals surface area (Å²) in [6.45, 7) is 0.0379. The van der Waals surface area contributed by atoms with Gasteiger partial charge < -0.3 is 25.3 Å². The molecule has 17 heavy (non-hydrogen) atoms. The third-order valence-electron chi connectivity index (χ3n) is 2.21. The van der Waals surface area contributed by atoms with Crippen molar-refractivity contribution in [2.75, 3.05) is 38.9 Å². The van der Waals surface area contributed by atoms with Crippen LogP contribution in [0, 0.1) is 0 Å². The van der Waals surface area contributed by atoms with Crippen LogP contribution in [0.4, 0.5) is 11.4 Å². The van der Waals surface area contributed by atoms with E-state index in [2.05, 4.69) is 10.1 Å². The number of rotatable bonds is 5. The summed E-state index contributed by atoms with van der Waals surface area (Å²) in [6, 6.07) is 3.29. The fourth-order valence-electron chi connectivity index (χ4n) is 1.29. The SMILES string of the molecule is COC(=O)CNc1cc(OC)c(OC)cc1N. The number of esters is 1. The Labute approximate surface area is 99.6 Å². The van der Waals surface area contributed by atoms with E-state index in [1.807, 2.05) is 0 Å². The fraction of sp³-hybridized carbons (Fsp3) is 0.364. The lowest BCUT2D eigenvalue weighted by Crippen LogP contribution is -2.15. The van der Waals surface area contributed by atoms with Crippen molar-refractivity contribution in [3.63, 3.8) is 0 Å².